The van der Waals surface area contributed by atoms with Gasteiger partial charge in [-0.1, -0.05) is 55.8 Å². The largest absolute Gasteiger partial charge is 0.433 e. The summed E-state index contributed by atoms with van der Waals surface area (Å²) in [5.74, 6) is -1.07. The van der Waals surface area contributed by atoms with Crippen LogP contribution in [0.5, 0.6) is 5.75 Å². The molecule has 150 valence electrons. The van der Waals surface area contributed by atoms with Crippen molar-refractivity contribution >= 4 is 29.1 Å². The van der Waals surface area contributed by atoms with Gasteiger partial charge in [-0.3, -0.25) is 9.59 Å². The summed E-state index contributed by atoms with van der Waals surface area (Å²) in [6, 6.07) is 12.3. The normalized spacial score (nSPS) is 12.0. The van der Waals surface area contributed by atoms with Gasteiger partial charge in [0, 0.05) is 5.69 Å². The van der Waals surface area contributed by atoms with Gasteiger partial charge in [0.05, 0.1) is 11.4 Å². The van der Waals surface area contributed by atoms with Gasteiger partial charge in [-0.15, -0.1) is 0 Å². The Hall–Kier alpha value is -2.67. The van der Waals surface area contributed by atoms with Gasteiger partial charge in [-0.05, 0) is 29.7 Å². The van der Waals surface area contributed by atoms with E-state index in [9.17, 15) is 18.4 Å². The maximum absolute atomic E-state index is 12.6. The molecule has 1 atom stereocenters. The first kappa shape index (κ1) is 21.6. The summed E-state index contributed by atoms with van der Waals surface area (Å²) >= 11 is 5.89. The third-order valence-electron chi connectivity index (χ3n) is 3.89. The van der Waals surface area contributed by atoms with E-state index in [0.29, 0.717) is 5.69 Å². The van der Waals surface area contributed by atoms with Crippen LogP contribution in [-0.2, 0) is 16.0 Å². The summed E-state index contributed by atoms with van der Waals surface area (Å²) in [6.07, 6.45) is 0.156. The lowest BCUT2D eigenvalue weighted by Crippen LogP contribution is -2.47. The molecular weight excluding hydrogens is 390 g/mol. The Morgan fingerprint density at radius 3 is 2.36 bits per heavy atom. The Kier molecular flexibility index (Phi) is 7.75. The molecule has 1 unspecified atom stereocenters. The van der Waals surface area contributed by atoms with Crippen LogP contribution in [0.2, 0.25) is 5.02 Å². The average Bonchev–Trinajstić information content (AvgIpc) is 2.62. The maximum atomic E-state index is 12.6. The topological polar surface area (TPSA) is 67.4 Å². The second kappa shape index (κ2) is 10.0. The van der Waals surface area contributed by atoms with Crippen molar-refractivity contribution in [2.24, 2.45) is 5.92 Å². The molecule has 0 spiro atoms. The summed E-state index contributed by atoms with van der Waals surface area (Å²) in [7, 11) is 0. The number of ether oxygens (including phenoxy) is 1. The molecule has 2 amide bonds. The summed E-state index contributed by atoms with van der Waals surface area (Å²) in [5, 5.41) is 5.30. The summed E-state index contributed by atoms with van der Waals surface area (Å²) in [6.45, 7) is 0.613. The van der Waals surface area contributed by atoms with Crippen molar-refractivity contribution in [3.8, 4) is 5.75 Å². The zero-order valence-electron chi connectivity index (χ0n) is 15.4. The van der Waals surface area contributed by atoms with Gasteiger partial charge in [0.2, 0.25) is 11.8 Å². The number of alkyl halides is 2. The minimum Gasteiger partial charge on any atom is -0.433 e. The SMILES string of the molecule is CC(C)C(NC(=O)Cc1ccccc1)C(=O)Nc1ccc(OC(F)F)c(Cl)c1. The Morgan fingerprint density at radius 1 is 1.11 bits per heavy atom. The van der Waals surface area contributed by atoms with Crippen LogP contribution in [0, 0.1) is 5.92 Å². The van der Waals surface area contributed by atoms with Crippen molar-refractivity contribution in [1.29, 1.82) is 0 Å². The van der Waals surface area contributed by atoms with Gasteiger partial charge in [-0.2, -0.15) is 8.78 Å². The van der Waals surface area contributed by atoms with Gasteiger partial charge in [-0.25, -0.2) is 0 Å². The van der Waals surface area contributed by atoms with E-state index in [0.717, 1.165) is 5.56 Å². The number of hydrogen-bond acceptors (Lipinski definition) is 3. The van der Waals surface area contributed by atoms with Crippen molar-refractivity contribution < 1.29 is 23.1 Å². The molecule has 2 aromatic carbocycles. The molecule has 2 N–H and O–H groups in total. The highest BCUT2D eigenvalue weighted by Gasteiger charge is 2.24. The zero-order chi connectivity index (χ0) is 20.7. The van der Waals surface area contributed by atoms with E-state index >= 15 is 0 Å². The first-order valence-corrected chi connectivity index (χ1v) is 9.02. The number of rotatable bonds is 8. The van der Waals surface area contributed by atoms with Gasteiger partial charge < -0.3 is 15.4 Å². The van der Waals surface area contributed by atoms with E-state index in [2.05, 4.69) is 15.4 Å². The molecule has 8 heteroatoms. The predicted octanol–water partition coefficient (Wildman–Crippen LogP) is 4.26. The summed E-state index contributed by atoms with van der Waals surface area (Å²) in [5.41, 5.74) is 1.14. The molecular formula is C20H21ClF2N2O3. The third-order valence-corrected chi connectivity index (χ3v) is 4.18. The van der Waals surface area contributed by atoms with E-state index in [1.54, 1.807) is 13.8 Å². The molecule has 0 fully saturated rings. The molecule has 28 heavy (non-hydrogen) atoms. The molecule has 0 aliphatic rings. The predicted molar refractivity (Wildman–Crippen MR) is 104 cm³/mol. The Morgan fingerprint density at radius 2 is 1.79 bits per heavy atom. The van der Waals surface area contributed by atoms with Crippen molar-refractivity contribution in [2.45, 2.75) is 32.9 Å². The Balaban J connectivity index is 2.02. The Bertz CT molecular complexity index is 816. The van der Waals surface area contributed by atoms with Crippen LogP contribution in [-0.4, -0.2) is 24.5 Å². The fraction of sp³-hybridized carbons (Fsp3) is 0.300. The number of nitrogens with one attached hydrogen (secondary N) is 2. The van der Waals surface area contributed by atoms with E-state index in [4.69, 9.17) is 11.6 Å². The number of anilines is 1. The molecule has 2 rings (SSSR count). The number of carbonyl (C=O) groups is 2. The third kappa shape index (κ3) is 6.49. The molecule has 0 aliphatic carbocycles. The molecule has 0 radical (unpaired) electrons. The van der Waals surface area contributed by atoms with E-state index in [-0.39, 0.29) is 29.0 Å². The van der Waals surface area contributed by atoms with E-state index in [1.165, 1.54) is 18.2 Å². The van der Waals surface area contributed by atoms with Gasteiger partial charge in [0.1, 0.15) is 11.8 Å². The molecule has 2 aromatic rings. The van der Waals surface area contributed by atoms with Crippen LogP contribution >= 0.6 is 11.6 Å². The second-order valence-electron chi connectivity index (χ2n) is 6.46. The Labute approximate surface area is 167 Å². The first-order valence-electron chi connectivity index (χ1n) is 8.64. The summed E-state index contributed by atoms with van der Waals surface area (Å²) < 4.78 is 28.9. The molecule has 0 aliphatic heterocycles. The monoisotopic (exact) mass is 410 g/mol. The van der Waals surface area contributed by atoms with Crippen molar-refractivity contribution in [3.63, 3.8) is 0 Å². The molecule has 0 bridgehead atoms. The van der Waals surface area contributed by atoms with Gasteiger partial charge in [0.15, 0.2) is 0 Å². The second-order valence-corrected chi connectivity index (χ2v) is 6.87. The smallest absolute Gasteiger partial charge is 0.387 e. The highest BCUT2D eigenvalue weighted by Crippen LogP contribution is 2.29. The van der Waals surface area contributed by atoms with Crippen molar-refractivity contribution in [2.75, 3.05) is 5.32 Å². The number of benzene rings is 2. The van der Waals surface area contributed by atoms with Crippen LogP contribution in [0.15, 0.2) is 48.5 Å². The van der Waals surface area contributed by atoms with Crippen LogP contribution < -0.4 is 15.4 Å². The highest BCUT2D eigenvalue weighted by molar-refractivity contribution is 6.32. The highest BCUT2D eigenvalue weighted by atomic mass is 35.5. The molecule has 5 nitrogen and oxygen atoms in total. The van der Waals surface area contributed by atoms with Gasteiger partial charge in [0.25, 0.3) is 0 Å². The summed E-state index contributed by atoms with van der Waals surface area (Å²) in [4.78, 5) is 24.9. The number of amides is 2. The van der Waals surface area contributed by atoms with Crippen LogP contribution in [0.4, 0.5) is 14.5 Å². The molecule has 0 saturated heterocycles. The van der Waals surface area contributed by atoms with E-state index in [1.807, 2.05) is 30.3 Å². The molecule has 0 heterocycles. The van der Waals surface area contributed by atoms with E-state index < -0.39 is 18.6 Å². The minimum absolute atomic E-state index is 0.0627. The maximum Gasteiger partial charge on any atom is 0.387 e. The fourth-order valence-electron chi connectivity index (χ4n) is 2.53. The van der Waals surface area contributed by atoms with Gasteiger partial charge >= 0.3 is 6.61 Å². The standard InChI is InChI=1S/C20H21ClF2N2O3/c1-12(2)18(25-17(26)10-13-6-4-3-5-7-13)19(27)24-14-8-9-16(15(21)11-14)28-20(22)23/h3-9,11-12,18,20H,10H2,1-2H3,(H,24,27)(H,25,26). The lowest BCUT2D eigenvalue weighted by Gasteiger charge is -2.22. The minimum atomic E-state index is -3.00. The lowest BCUT2D eigenvalue weighted by molar-refractivity contribution is -0.127. The molecule has 0 aromatic heterocycles. The van der Waals surface area contributed by atoms with Crippen molar-refractivity contribution in [3.05, 3.63) is 59.1 Å². The zero-order valence-corrected chi connectivity index (χ0v) is 16.2. The van der Waals surface area contributed by atoms with Crippen LogP contribution in [0.1, 0.15) is 19.4 Å². The number of carbonyl (C=O) groups excluding carboxylic acids is 2. The lowest BCUT2D eigenvalue weighted by atomic mass is 10.0. The number of hydrogen-bond donors (Lipinski definition) is 2. The quantitative estimate of drug-likeness (QED) is 0.683. The molecule has 0 saturated carbocycles. The fourth-order valence-corrected chi connectivity index (χ4v) is 2.76. The average molecular weight is 411 g/mol. The number of halogens is 3. The van der Waals surface area contributed by atoms with Crippen molar-refractivity contribution in [1.82, 2.24) is 5.32 Å². The van der Waals surface area contributed by atoms with Crippen LogP contribution in [0.3, 0.4) is 0 Å². The first-order chi connectivity index (χ1) is 13.3. The van der Waals surface area contributed by atoms with Crippen LogP contribution in [0.25, 0.3) is 0 Å².